The van der Waals surface area contributed by atoms with E-state index in [1.165, 1.54) is 31.7 Å². The fraction of sp³-hybridized carbons (Fsp3) is 0.333. The van der Waals surface area contributed by atoms with Gasteiger partial charge < -0.3 is 9.64 Å². The van der Waals surface area contributed by atoms with E-state index in [4.69, 9.17) is 4.74 Å². The summed E-state index contributed by atoms with van der Waals surface area (Å²) in [5.74, 6) is 1.24. The van der Waals surface area contributed by atoms with Crippen LogP contribution in [0.5, 0.6) is 5.75 Å². The van der Waals surface area contributed by atoms with Crippen LogP contribution in [0.4, 0.5) is 11.5 Å². The molecule has 1 fully saturated rings. The summed E-state index contributed by atoms with van der Waals surface area (Å²) >= 11 is 0. The van der Waals surface area contributed by atoms with Crippen LogP contribution in [0.15, 0.2) is 65.6 Å². The molecule has 1 aliphatic rings. The zero-order valence-electron chi connectivity index (χ0n) is 18.2. The predicted molar refractivity (Wildman–Crippen MR) is 127 cm³/mol. The number of hydrogen-bond donors (Lipinski definition) is 1. The molecule has 7 nitrogen and oxygen atoms in total. The van der Waals surface area contributed by atoms with Crippen molar-refractivity contribution in [1.82, 2.24) is 10.2 Å². The van der Waals surface area contributed by atoms with Crippen LogP contribution < -0.4 is 14.4 Å². The highest BCUT2D eigenvalue weighted by molar-refractivity contribution is 7.92. The fourth-order valence-corrected chi connectivity index (χ4v) is 5.02. The van der Waals surface area contributed by atoms with Gasteiger partial charge in [0.2, 0.25) is 0 Å². The van der Waals surface area contributed by atoms with E-state index in [-0.39, 0.29) is 4.90 Å². The quantitative estimate of drug-likeness (QED) is 0.558. The Bertz CT molecular complexity index is 1120. The number of ether oxygens (including phenoxy) is 1. The monoisotopic (exact) mass is 452 g/mol. The van der Waals surface area contributed by atoms with E-state index >= 15 is 0 Å². The van der Waals surface area contributed by atoms with E-state index in [9.17, 15) is 8.42 Å². The first-order chi connectivity index (χ1) is 15.6. The lowest BCUT2D eigenvalue weighted by atomic mass is 10.1. The molecular formula is C24H28N4O3S. The third kappa shape index (κ3) is 5.19. The standard InChI is InChI=1S/C24H28N4O3S/c1-2-31-22-9-5-6-10-23(22)32(29,30)27-20-13-11-19(12-14-20)21-15-16-24(26-25-21)28-17-7-3-4-8-18-28/h5-6,9-16,27H,2-4,7-8,17-18H2,1H3. The second kappa shape index (κ2) is 9.99. The number of nitrogens with zero attached hydrogens (tertiary/aromatic N) is 3. The Morgan fingerprint density at radius 2 is 1.62 bits per heavy atom. The van der Waals surface area contributed by atoms with Gasteiger partial charge in [-0.1, -0.05) is 37.1 Å². The Hall–Kier alpha value is -3.13. The Morgan fingerprint density at radius 1 is 0.906 bits per heavy atom. The SMILES string of the molecule is CCOc1ccccc1S(=O)(=O)Nc1ccc(-c2ccc(N3CCCCCC3)nn2)cc1. The van der Waals surface area contributed by atoms with Crippen LogP contribution in [0.1, 0.15) is 32.6 Å². The normalized spacial score (nSPS) is 14.6. The largest absolute Gasteiger partial charge is 0.492 e. The van der Waals surface area contributed by atoms with E-state index in [1.54, 1.807) is 30.3 Å². The third-order valence-electron chi connectivity index (χ3n) is 5.45. The minimum Gasteiger partial charge on any atom is -0.492 e. The number of rotatable bonds is 7. The first kappa shape index (κ1) is 22.1. The molecule has 4 rings (SSSR count). The Morgan fingerprint density at radius 3 is 2.28 bits per heavy atom. The highest BCUT2D eigenvalue weighted by Gasteiger charge is 2.19. The van der Waals surface area contributed by atoms with Crippen LogP contribution in [-0.2, 0) is 10.0 Å². The van der Waals surface area contributed by atoms with E-state index in [2.05, 4.69) is 19.8 Å². The van der Waals surface area contributed by atoms with Gasteiger partial charge in [-0.3, -0.25) is 4.72 Å². The van der Waals surface area contributed by atoms with Crippen molar-refractivity contribution >= 4 is 21.5 Å². The minimum atomic E-state index is -3.77. The third-order valence-corrected chi connectivity index (χ3v) is 6.87. The lowest BCUT2D eigenvalue weighted by Gasteiger charge is -2.20. The van der Waals surface area contributed by atoms with Crippen LogP contribution in [0.2, 0.25) is 0 Å². The van der Waals surface area contributed by atoms with E-state index in [0.717, 1.165) is 30.2 Å². The molecule has 3 aromatic rings. The highest BCUT2D eigenvalue weighted by atomic mass is 32.2. The number of anilines is 2. The molecule has 0 unspecified atom stereocenters. The van der Waals surface area contributed by atoms with Gasteiger partial charge in [-0.25, -0.2) is 8.42 Å². The molecule has 0 saturated carbocycles. The molecule has 0 spiro atoms. The van der Waals surface area contributed by atoms with Crippen LogP contribution in [0.3, 0.4) is 0 Å². The van der Waals surface area contributed by atoms with Gasteiger partial charge in [0, 0.05) is 24.3 Å². The van der Waals surface area contributed by atoms with E-state index < -0.39 is 10.0 Å². The van der Waals surface area contributed by atoms with Gasteiger partial charge in [-0.05, 0) is 56.2 Å². The number of para-hydroxylation sites is 1. The Labute approximate surface area is 189 Å². The van der Waals surface area contributed by atoms with Gasteiger partial charge in [-0.2, -0.15) is 0 Å². The average molecular weight is 453 g/mol. The van der Waals surface area contributed by atoms with Crippen molar-refractivity contribution in [1.29, 1.82) is 0 Å². The second-order valence-electron chi connectivity index (χ2n) is 7.74. The summed E-state index contributed by atoms with van der Waals surface area (Å²) in [6.07, 6.45) is 4.93. The molecule has 1 N–H and O–H groups in total. The average Bonchev–Trinajstić information content (AvgIpc) is 3.10. The molecule has 0 radical (unpaired) electrons. The first-order valence-electron chi connectivity index (χ1n) is 11.0. The van der Waals surface area contributed by atoms with Crippen molar-refractivity contribution in [2.75, 3.05) is 29.3 Å². The van der Waals surface area contributed by atoms with Crippen LogP contribution in [0.25, 0.3) is 11.3 Å². The van der Waals surface area contributed by atoms with Crippen molar-refractivity contribution in [3.05, 3.63) is 60.7 Å². The molecular weight excluding hydrogens is 424 g/mol. The molecule has 0 amide bonds. The smallest absolute Gasteiger partial charge is 0.265 e. The molecule has 1 aromatic heterocycles. The summed E-state index contributed by atoms with van der Waals surface area (Å²) in [5.41, 5.74) is 2.09. The Balaban J connectivity index is 1.47. The number of benzene rings is 2. The molecule has 1 aliphatic heterocycles. The summed E-state index contributed by atoms with van der Waals surface area (Å²) in [7, 11) is -3.77. The summed E-state index contributed by atoms with van der Waals surface area (Å²) in [6, 6.07) is 17.7. The maximum absolute atomic E-state index is 12.8. The zero-order valence-corrected chi connectivity index (χ0v) is 19.0. The van der Waals surface area contributed by atoms with Gasteiger partial charge in [-0.15, -0.1) is 10.2 Å². The molecule has 1 saturated heterocycles. The molecule has 168 valence electrons. The molecule has 0 aliphatic carbocycles. The van der Waals surface area contributed by atoms with Crippen molar-refractivity contribution in [3.8, 4) is 17.0 Å². The van der Waals surface area contributed by atoms with Crippen molar-refractivity contribution in [2.24, 2.45) is 0 Å². The molecule has 32 heavy (non-hydrogen) atoms. The predicted octanol–water partition coefficient (Wildman–Crippen LogP) is 4.72. The lowest BCUT2D eigenvalue weighted by molar-refractivity contribution is 0.331. The number of aromatic nitrogens is 2. The maximum Gasteiger partial charge on any atom is 0.265 e. The maximum atomic E-state index is 12.8. The number of hydrogen-bond acceptors (Lipinski definition) is 6. The van der Waals surface area contributed by atoms with Crippen LogP contribution >= 0.6 is 0 Å². The van der Waals surface area contributed by atoms with Crippen LogP contribution in [0, 0.1) is 0 Å². The molecule has 0 bridgehead atoms. The summed E-state index contributed by atoms with van der Waals surface area (Å²) in [4.78, 5) is 2.41. The summed E-state index contributed by atoms with van der Waals surface area (Å²) in [6.45, 7) is 4.25. The van der Waals surface area contributed by atoms with Crippen molar-refractivity contribution in [3.63, 3.8) is 0 Å². The van der Waals surface area contributed by atoms with E-state index in [1.807, 2.05) is 31.2 Å². The first-order valence-corrected chi connectivity index (χ1v) is 12.5. The minimum absolute atomic E-state index is 0.112. The zero-order chi connectivity index (χ0) is 22.4. The van der Waals surface area contributed by atoms with E-state index in [0.29, 0.717) is 18.0 Å². The van der Waals surface area contributed by atoms with Gasteiger partial charge in [0.05, 0.1) is 12.3 Å². The van der Waals surface area contributed by atoms with Gasteiger partial charge in [0.15, 0.2) is 5.82 Å². The number of sulfonamides is 1. The summed E-state index contributed by atoms with van der Waals surface area (Å²) < 4.78 is 33.8. The molecule has 8 heteroatoms. The lowest BCUT2D eigenvalue weighted by Crippen LogP contribution is -2.25. The van der Waals surface area contributed by atoms with Crippen LogP contribution in [-0.4, -0.2) is 38.3 Å². The van der Waals surface area contributed by atoms with Crippen molar-refractivity contribution in [2.45, 2.75) is 37.5 Å². The fourth-order valence-electron chi connectivity index (χ4n) is 3.81. The van der Waals surface area contributed by atoms with Gasteiger partial charge in [0.25, 0.3) is 10.0 Å². The highest BCUT2D eigenvalue weighted by Crippen LogP contribution is 2.27. The molecule has 2 aromatic carbocycles. The Kier molecular flexibility index (Phi) is 6.90. The van der Waals surface area contributed by atoms with Gasteiger partial charge in [0.1, 0.15) is 10.6 Å². The van der Waals surface area contributed by atoms with Gasteiger partial charge >= 0.3 is 0 Å². The topological polar surface area (TPSA) is 84.4 Å². The molecule has 0 atom stereocenters. The molecule has 2 heterocycles. The second-order valence-corrected chi connectivity index (χ2v) is 9.39. The summed E-state index contributed by atoms with van der Waals surface area (Å²) in [5, 5.41) is 8.81. The number of nitrogens with one attached hydrogen (secondary N) is 1. The van der Waals surface area contributed by atoms with Crippen molar-refractivity contribution < 1.29 is 13.2 Å².